The number of nitrogens with one attached hydrogen (secondary N) is 3. The van der Waals surface area contributed by atoms with Crippen LogP contribution >= 0.6 is 0 Å². The Morgan fingerprint density at radius 3 is 2.09 bits per heavy atom. The third kappa shape index (κ3) is 5.24. The van der Waals surface area contributed by atoms with Crippen molar-refractivity contribution >= 4 is 23.3 Å². The van der Waals surface area contributed by atoms with Crippen molar-refractivity contribution in [2.45, 2.75) is 31.7 Å². The Morgan fingerprint density at radius 1 is 0.857 bits per heavy atom. The van der Waals surface area contributed by atoms with E-state index >= 15 is 0 Å². The molecule has 3 aromatic carbocycles. The number of carbonyl (C=O) groups is 2. The molecule has 1 atom stereocenters. The van der Waals surface area contributed by atoms with Crippen LogP contribution in [0.15, 0.2) is 91.1 Å². The Hall–Kier alpha value is -4.39. The van der Waals surface area contributed by atoms with Crippen LogP contribution in [-0.2, 0) is 0 Å². The molecule has 7 nitrogen and oxygen atoms in total. The van der Waals surface area contributed by atoms with Gasteiger partial charge in [-0.2, -0.15) is 5.10 Å². The molecule has 1 aromatic heterocycles. The molecule has 0 aliphatic heterocycles. The molecular weight excluding hydrogens is 438 g/mol. The number of hydrogen-bond donors (Lipinski definition) is 3. The molecule has 0 spiro atoms. The summed E-state index contributed by atoms with van der Waals surface area (Å²) in [6.07, 6.45) is 3.81. The third-order valence-electron chi connectivity index (χ3n) is 6.06. The number of rotatable bonds is 7. The van der Waals surface area contributed by atoms with Gasteiger partial charge in [0.15, 0.2) is 0 Å². The zero-order chi connectivity index (χ0) is 24.2. The van der Waals surface area contributed by atoms with Crippen LogP contribution in [0.4, 0.5) is 16.2 Å². The lowest BCUT2D eigenvalue weighted by Crippen LogP contribution is -2.27. The number of anilines is 2. The van der Waals surface area contributed by atoms with E-state index in [9.17, 15) is 9.59 Å². The average Bonchev–Trinajstić information content (AvgIpc) is 3.62. The van der Waals surface area contributed by atoms with E-state index in [0.717, 1.165) is 35.5 Å². The fourth-order valence-electron chi connectivity index (χ4n) is 4.09. The average molecular weight is 466 g/mol. The fourth-order valence-corrected chi connectivity index (χ4v) is 4.09. The van der Waals surface area contributed by atoms with Gasteiger partial charge in [0, 0.05) is 17.3 Å². The second kappa shape index (κ2) is 9.85. The van der Waals surface area contributed by atoms with Crippen molar-refractivity contribution in [1.82, 2.24) is 15.1 Å². The SMILES string of the molecule is CC(NC(=O)c1cnn(-c2ccccc2)c1C1CC1)c1ccc(NC(=O)Nc2ccccc2)cc1. The van der Waals surface area contributed by atoms with E-state index < -0.39 is 0 Å². The summed E-state index contributed by atoms with van der Waals surface area (Å²) in [4.78, 5) is 25.4. The second-order valence-corrected chi connectivity index (χ2v) is 8.73. The molecule has 5 rings (SSSR count). The molecule has 35 heavy (non-hydrogen) atoms. The fraction of sp³-hybridized carbons (Fsp3) is 0.179. The minimum atomic E-state index is -0.312. The number of benzene rings is 3. The minimum absolute atomic E-state index is 0.133. The normalized spacial score (nSPS) is 13.6. The maximum Gasteiger partial charge on any atom is 0.323 e. The number of carbonyl (C=O) groups excluding carboxylic acids is 2. The van der Waals surface area contributed by atoms with Gasteiger partial charge in [-0.1, -0.05) is 48.5 Å². The first-order chi connectivity index (χ1) is 17.1. The van der Waals surface area contributed by atoms with Crippen LogP contribution in [0.3, 0.4) is 0 Å². The lowest BCUT2D eigenvalue weighted by Gasteiger charge is -2.16. The first kappa shape index (κ1) is 22.4. The standard InChI is InChI=1S/C28H27N5O2/c1-19(20-14-16-23(17-15-20)32-28(35)31-22-8-4-2-5-9-22)30-27(34)25-18-29-33(26(25)21-12-13-21)24-10-6-3-7-11-24/h2-11,14-19,21H,12-13H2,1H3,(H,30,34)(H2,31,32,35). The maximum absolute atomic E-state index is 13.2. The van der Waals surface area contributed by atoms with Crippen molar-refractivity contribution in [2.24, 2.45) is 0 Å². The van der Waals surface area contributed by atoms with E-state index in [1.807, 2.05) is 96.5 Å². The van der Waals surface area contributed by atoms with Gasteiger partial charge < -0.3 is 16.0 Å². The molecule has 4 aromatic rings. The molecule has 0 bridgehead atoms. The number of para-hydroxylation sites is 2. The van der Waals surface area contributed by atoms with E-state index in [1.165, 1.54) is 0 Å². The molecule has 3 N–H and O–H groups in total. The van der Waals surface area contributed by atoms with E-state index in [0.29, 0.717) is 17.2 Å². The highest BCUT2D eigenvalue weighted by atomic mass is 16.2. The third-order valence-corrected chi connectivity index (χ3v) is 6.06. The molecule has 176 valence electrons. The molecule has 1 fully saturated rings. The second-order valence-electron chi connectivity index (χ2n) is 8.73. The highest BCUT2D eigenvalue weighted by Gasteiger charge is 2.33. The molecule has 0 saturated heterocycles. The highest BCUT2D eigenvalue weighted by molar-refractivity contribution is 5.99. The summed E-state index contributed by atoms with van der Waals surface area (Å²) < 4.78 is 1.89. The summed E-state index contributed by atoms with van der Waals surface area (Å²) in [6, 6.07) is 26.1. The van der Waals surface area contributed by atoms with Crippen molar-refractivity contribution in [1.29, 1.82) is 0 Å². The smallest absolute Gasteiger partial charge is 0.323 e. The summed E-state index contributed by atoms with van der Waals surface area (Å²) in [5.74, 6) is 0.229. The summed E-state index contributed by atoms with van der Waals surface area (Å²) in [6.45, 7) is 1.95. The van der Waals surface area contributed by atoms with Gasteiger partial charge in [-0.15, -0.1) is 0 Å². The van der Waals surface area contributed by atoms with E-state index in [1.54, 1.807) is 6.20 Å². The molecule has 7 heteroatoms. The zero-order valence-electron chi connectivity index (χ0n) is 19.4. The van der Waals surface area contributed by atoms with E-state index in [4.69, 9.17) is 0 Å². The Labute approximate surface area is 204 Å². The van der Waals surface area contributed by atoms with Gasteiger partial charge in [-0.3, -0.25) is 4.79 Å². The Balaban J connectivity index is 1.24. The van der Waals surface area contributed by atoms with Gasteiger partial charge >= 0.3 is 6.03 Å². The van der Waals surface area contributed by atoms with Crippen LogP contribution in [0.5, 0.6) is 0 Å². The minimum Gasteiger partial charge on any atom is -0.345 e. The van der Waals surface area contributed by atoms with Crippen molar-refractivity contribution < 1.29 is 9.59 Å². The lowest BCUT2D eigenvalue weighted by molar-refractivity contribution is 0.0939. The number of hydrogen-bond acceptors (Lipinski definition) is 3. The topological polar surface area (TPSA) is 88.1 Å². The van der Waals surface area contributed by atoms with Crippen molar-refractivity contribution in [2.75, 3.05) is 10.6 Å². The van der Waals surface area contributed by atoms with Crippen molar-refractivity contribution in [3.8, 4) is 5.69 Å². The van der Waals surface area contributed by atoms with Gasteiger partial charge in [0.05, 0.1) is 29.2 Å². The molecule has 0 radical (unpaired) electrons. The molecule has 1 aliphatic carbocycles. The quantitative estimate of drug-likeness (QED) is 0.318. The molecule has 1 saturated carbocycles. The zero-order valence-corrected chi connectivity index (χ0v) is 19.4. The van der Waals surface area contributed by atoms with Crippen LogP contribution in [0.2, 0.25) is 0 Å². The Morgan fingerprint density at radius 2 is 1.46 bits per heavy atom. The largest absolute Gasteiger partial charge is 0.345 e. The van der Waals surface area contributed by atoms with Crippen molar-refractivity contribution in [3.63, 3.8) is 0 Å². The number of amides is 3. The highest BCUT2D eigenvalue weighted by Crippen LogP contribution is 2.42. The first-order valence-electron chi connectivity index (χ1n) is 11.8. The Kier molecular flexibility index (Phi) is 6.30. The number of nitrogens with zero attached hydrogens (tertiary/aromatic N) is 2. The van der Waals surface area contributed by atoms with Crippen LogP contribution in [0.1, 0.15) is 53.3 Å². The predicted octanol–water partition coefficient (Wildman–Crippen LogP) is 5.88. The number of aromatic nitrogens is 2. The van der Waals surface area contributed by atoms with Gasteiger partial charge in [-0.25, -0.2) is 9.48 Å². The van der Waals surface area contributed by atoms with Crippen LogP contribution in [-0.4, -0.2) is 21.7 Å². The molecular formula is C28H27N5O2. The maximum atomic E-state index is 13.2. The van der Waals surface area contributed by atoms with Crippen LogP contribution in [0, 0.1) is 0 Å². The predicted molar refractivity (Wildman–Crippen MR) is 137 cm³/mol. The van der Waals surface area contributed by atoms with Gasteiger partial charge in [0.25, 0.3) is 5.91 Å². The first-order valence-corrected chi connectivity index (χ1v) is 11.8. The Bertz CT molecular complexity index is 1310. The molecule has 3 amide bonds. The summed E-state index contributed by atoms with van der Waals surface area (Å²) >= 11 is 0. The monoisotopic (exact) mass is 465 g/mol. The van der Waals surface area contributed by atoms with Crippen LogP contribution < -0.4 is 16.0 Å². The van der Waals surface area contributed by atoms with E-state index in [2.05, 4.69) is 21.0 Å². The van der Waals surface area contributed by atoms with Crippen molar-refractivity contribution in [3.05, 3.63) is 108 Å². The summed E-state index contributed by atoms with van der Waals surface area (Å²) in [7, 11) is 0. The van der Waals surface area contributed by atoms with Crippen LogP contribution in [0.25, 0.3) is 5.69 Å². The van der Waals surface area contributed by atoms with Gasteiger partial charge in [0.1, 0.15) is 0 Å². The summed E-state index contributed by atoms with van der Waals surface area (Å²) in [5, 5.41) is 13.2. The summed E-state index contributed by atoms with van der Waals surface area (Å²) in [5.41, 5.74) is 4.89. The van der Waals surface area contributed by atoms with Gasteiger partial charge in [-0.05, 0) is 61.7 Å². The molecule has 1 unspecified atom stereocenters. The molecule has 1 aliphatic rings. The van der Waals surface area contributed by atoms with E-state index in [-0.39, 0.29) is 18.0 Å². The van der Waals surface area contributed by atoms with Gasteiger partial charge in [0.2, 0.25) is 0 Å². The molecule has 1 heterocycles. The number of urea groups is 1. The lowest BCUT2D eigenvalue weighted by atomic mass is 10.1.